The van der Waals surface area contributed by atoms with E-state index in [1.54, 1.807) is 29.3 Å². The number of phenols is 1. The number of anilines is 5. The van der Waals surface area contributed by atoms with Crippen LogP contribution in [0, 0.1) is 23.0 Å². The molecule has 3 amide bonds. The van der Waals surface area contributed by atoms with Gasteiger partial charge in [-0.05, 0) is 143 Å². The maximum Gasteiger partial charge on any atom is 0.328 e. The summed E-state index contributed by atoms with van der Waals surface area (Å²) in [4.78, 5) is 40.5. The number of aromatic nitrogens is 4. The third kappa shape index (κ3) is 8.18. The lowest BCUT2D eigenvalue weighted by atomic mass is 9.67. The molecule has 1 saturated carbocycles. The van der Waals surface area contributed by atoms with Crippen LogP contribution < -0.4 is 30.7 Å². The Bertz CT molecular complexity index is 2670. The van der Waals surface area contributed by atoms with Crippen molar-refractivity contribution in [3.8, 4) is 17.0 Å². The minimum absolute atomic E-state index is 0.169. The number of likely N-dealkylation sites (tertiary alicyclic amines) is 1. The summed E-state index contributed by atoms with van der Waals surface area (Å²) in [7, 11) is 0. The Labute approximate surface area is 390 Å². The second kappa shape index (κ2) is 17.6. The lowest BCUT2D eigenvalue weighted by Crippen LogP contribution is -2.54. The van der Waals surface area contributed by atoms with Gasteiger partial charge in [0.1, 0.15) is 11.5 Å². The first kappa shape index (κ1) is 43.5. The van der Waals surface area contributed by atoms with Crippen LogP contribution in [-0.2, 0) is 11.2 Å². The van der Waals surface area contributed by atoms with Crippen LogP contribution in [0.2, 0.25) is 0 Å². The summed E-state index contributed by atoms with van der Waals surface area (Å²) in [5.41, 5.74) is 12.8. The molecule has 352 valence electrons. The van der Waals surface area contributed by atoms with Crippen LogP contribution in [0.3, 0.4) is 0 Å². The van der Waals surface area contributed by atoms with Gasteiger partial charge in [-0.3, -0.25) is 15.0 Å². The summed E-state index contributed by atoms with van der Waals surface area (Å²) >= 11 is 0. The SMILES string of the molecule is CCc1cn(C2CCC3(CC2)CCN(CC2CCN(c4cc(N5C6CCC5CN(c5cc(-c7cccc(F)c7O)nnc5N)C6)ccc4F)CC2)CC3)c2ncc(N3CCC(=O)NC3=O)cc12. The highest BCUT2D eigenvalue weighted by Crippen LogP contribution is 2.49. The number of carbonyl (C=O) groups excluding carboxylic acids is 2. The molecule has 2 bridgehead atoms. The number of piperazine rings is 1. The van der Waals surface area contributed by atoms with Crippen LogP contribution in [-0.4, -0.2) is 106 Å². The number of aromatic hydroxyl groups is 1. The third-order valence-electron chi connectivity index (χ3n) is 16.4. The van der Waals surface area contributed by atoms with Gasteiger partial charge < -0.3 is 35.0 Å². The van der Waals surface area contributed by atoms with E-state index in [9.17, 15) is 19.1 Å². The van der Waals surface area contributed by atoms with Crippen molar-refractivity contribution in [1.82, 2.24) is 30.0 Å². The fourth-order valence-corrected chi connectivity index (χ4v) is 12.6. The van der Waals surface area contributed by atoms with Gasteiger partial charge in [0.2, 0.25) is 5.91 Å². The molecule has 8 heterocycles. The molecule has 1 aliphatic carbocycles. The van der Waals surface area contributed by atoms with Crippen LogP contribution in [0.5, 0.6) is 5.75 Å². The monoisotopic (exact) mass is 913 g/mol. The first-order valence-corrected chi connectivity index (χ1v) is 24.5. The highest BCUT2D eigenvalue weighted by atomic mass is 19.1. The molecule has 0 radical (unpaired) electrons. The van der Waals surface area contributed by atoms with Crippen LogP contribution in [0.4, 0.5) is 42.1 Å². The van der Waals surface area contributed by atoms with Gasteiger partial charge in [-0.1, -0.05) is 13.0 Å². The molecule has 2 atom stereocenters. The first-order valence-electron chi connectivity index (χ1n) is 24.5. The van der Waals surface area contributed by atoms with E-state index in [0.717, 1.165) is 106 Å². The number of pyridine rings is 1. The Morgan fingerprint density at radius 2 is 1.57 bits per heavy atom. The maximum absolute atomic E-state index is 15.7. The lowest BCUT2D eigenvalue weighted by molar-refractivity contribution is -0.120. The van der Waals surface area contributed by atoms with Gasteiger partial charge in [-0.15, -0.1) is 10.2 Å². The van der Waals surface area contributed by atoms with E-state index in [1.165, 1.54) is 43.4 Å². The number of halogens is 2. The number of imide groups is 1. The molecule has 6 fully saturated rings. The van der Waals surface area contributed by atoms with E-state index in [-0.39, 0.29) is 41.8 Å². The topological polar surface area (TPSA) is 152 Å². The number of urea groups is 1. The molecule has 16 heteroatoms. The number of benzene rings is 2. The number of phenolic OH excluding ortho intramolecular Hbond substituents is 1. The molecule has 11 rings (SSSR count). The fourth-order valence-electron chi connectivity index (χ4n) is 12.6. The molecule has 5 aromatic rings. The quantitative estimate of drug-likeness (QED) is 0.132. The Morgan fingerprint density at radius 1 is 0.806 bits per heavy atom. The van der Waals surface area contributed by atoms with Crippen LogP contribution in [0.25, 0.3) is 22.3 Å². The predicted molar refractivity (Wildman–Crippen MR) is 257 cm³/mol. The standard InChI is InChI=1S/C51H61F2N11O3/c1-2-33-29-63(49-40(33)24-38(27-55-49)62-21-14-46(65)56-50(62)67)34-10-15-51(16-11-34)17-22-59(23-18-51)28-32-12-19-60(20-13-32)44-25-35(8-9-41(44)52)64-36-6-7-37(64)31-61(30-36)45-26-43(57-58-48(45)54)39-4-3-5-42(53)47(39)66/h3-5,8-9,24-27,29,32,34,36-37,66H,2,6-7,10-23,28,30-31H2,1H3,(H2,54,58)(H,56,65,67). The number of hydrogen-bond acceptors (Lipinski definition) is 11. The van der Waals surface area contributed by atoms with Gasteiger partial charge in [-0.25, -0.2) is 18.6 Å². The number of nitrogens with zero attached hydrogens (tertiary/aromatic N) is 9. The highest BCUT2D eigenvalue weighted by Gasteiger charge is 2.42. The van der Waals surface area contributed by atoms with E-state index >= 15 is 4.39 Å². The highest BCUT2D eigenvalue weighted by molar-refractivity contribution is 6.06. The fraction of sp³-hybridized carbons (Fsp3) is 0.510. The van der Waals surface area contributed by atoms with Gasteiger partial charge in [-0.2, -0.15) is 0 Å². The minimum atomic E-state index is -0.715. The van der Waals surface area contributed by atoms with Crippen LogP contribution in [0.15, 0.2) is 60.9 Å². The van der Waals surface area contributed by atoms with Gasteiger partial charge >= 0.3 is 6.03 Å². The summed E-state index contributed by atoms with van der Waals surface area (Å²) in [6.45, 7) is 9.04. The summed E-state index contributed by atoms with van der Waals surface area (Å²) in [5, 5.41) is 22.3. The van der Waals surface area contributed by atoms with E-state index in [2.05, 4.69) is 64.9 Å². The molecule has 6 aliphatic rings. The Morgan fingerprint density at radius 3 is 2.30 bits per heavy atom. The summed E-state index contributed by atoms with van der Waals surface area (Å²) in [5.74, 6) is -0.687. The number of para-hydroxylation sites is 1. The molecule has 2 unspecified atom stereocenters. The normalized spacial score (nSPS) is 22.9. The average molecular weight is 914 g/mol. The number of carbonyl (C=O) groups is 2. The molecular weight excluding hydrogens is 853 g/mol. The minimum Gasteiger partial charge on any atom is -0.504 e. The average Bonchev–Trinajstić information content (AvgIpc) is 3.84. The lowest BCUT2D eigenvalue weighted by Gasteiger charge is -2.47. The molecule has 3 aromatic heterocycles. The number of hydrogen-bond donors (Lipinski definition) is 3. The molecule has 67 heavy (non-hydrogen) atoms. The number of amides is 3. The van der Waals surface area contributed by atoms with Gasteiger partial charge in [0.25, 0.3) is 0 Å². The second-order valence-corrected chi connectivity index (χ2v) is 20.2. The maximum atomic E-state index is 15.7. The molecule has 2 aromatic carbocycles. The Hall–Kier alpha value is -6.03. The zero-order valence-electron chi connectivity index (χ0n) is 38.3. The van der Waals surface area contributed by atoms with E-state index < -0.39 is 11.6 Å². The second-order valence-electron chi connectivity index (χ2n) is 20.2. The van der Waals surface area contributed by atoms with Gasteiger partial charge in [0.05, 0.1) is 29.0 Å². The zero-order valence-corrected chi connectivity index (χ0v) is 38.3. The van der Waals surface area contributed by atoms with Crippen molar-refractivity contribution in [2.45, 2.75) is 102 Å². The van der Waals surface area contributed by atoms with E-state index in [1.807, 2.05) is 6.07 Å². The summed E-state index contributed by atoms with van der Waals surface area (Å²) in [6.07, 6.45) is 16.6. The molecular formula is C51H61F2N11O3. The molecule has 5 saturated heterocycles. The van der Waals surface area contributed by atoms with E-state index in [0.29, 0.717) is 54.2 Å². The number of fused-ring (bicyclic) bond motifs is 3. The number of nitrogens with two attached hydrogens (primary N) is 1. The van der Waals surface area contributed by atoms with E-state index in [4.69, 9.17) is 10.7 Å². The molecule has 5 aliphatic heterocycles. The number of piperidine rings is 2. The molecule has 14 nitrogen and oxygen atoms in total. The van der Waals surface area contributed by atoms with Crippen molar-refractivity contribution >= 4 is 51.5 Å². The van der Waals surface area contributed by atoms with Crippen LogP contribution in [0.1, 0.15) is 89.2 Å². The first-order chi connectivity index (χ1) is 32.5. The van der Waals surface area contributed by atoms with Crippen molar-refractivity contribution < 1.29 is 23.5 Å². The molecule has 1 spiro atoms. The van der Waals surface area contributed by atoms with Crippen LogP contribution >= 0.6 is 0 Å². The predicted octanol–water partition coefficient (Wildman–Crippen LogP) is 8.04. The third-order valence-corrected chi connectivity index (χ3v) is 16.4. The largest absolute Gasteiger partial charge is 0.504 e. The van der Waals surface area contributed by atoms with Crippen molar-refractivity contribution in [2.24, 2.45) is 11.3 Å². The number of nitrogen functional groups attached to an aromatic ring is 1. The van der Waals surface area contributed by atoms with Crippen molar-refractivity contribution in [2.75, 3.05) is 77.7 Å². The molecule has 4 N–H and O–H groups in total. The number of nitrogens with one attached hydrogen (secondary N) is 1. The number of rotatable bonds is 9. The zero-order chi connectivity index (χ0) is 46.0. The summed E-state index contributed by atoms with van der Waals surface area (Å²) in [6, 6.07) is 14.3. The van der Waals surface area contributed by atoms with Crippen molar-refractivity contribution in [3.05, 3.63) is 78.1 Å². The number of aryl methyl sites for hydroxylation is 1. The van der Waals surface area contributed by atoms with Crippen molar-refractivity contribution in [1.29, 1.82) is 0 Å². The smallest absolute Gasteiger partial charge is 0.328 e. The Kier molecular flexibility index (Phi) is 11.4. The van der Waals surface area contributed by atoms with Crippen molar-refractivity contribution in [3.63, 3.8) is 0 Å². The Balaban J connectivity index is 0.672. The summed E-state index contributed by atoms with van der Waals surface area (Å²) < 4.78 is 32.3. The van der Waals surface area contributed by atoms with Gasteiger partial charge in [0.15, 0.2) is 17.4 Å². The van der Waals surface area contributed by atoms with Gasteiger partial charge in [0, 0.05) is 86.6 Å².